The van der Waals surface area contributed by atoms with E-state index in [9.17, 15) is 0 Å². The van der Waals surface area contributed by atoms with Gasteiger partial charge in [-0.05, 0) is 12.8 Å². The van der Waals surface area contributed by atoms with Gasteiger partial charge in [-0.25, -0.2) is 0 Å². The zero-order chi connectivity index (χ0) is 7.61. The lowest BCUT2D eigenvalue weighted by molar-refractivity contribution is 0.142. The molecule has 0 aromatic heterocycles. The molecule has 1 heterocycles. The minimum Gasteiger partial charge on any atom is -0.394 e. The van der Waals surface area contributed by atoms with E-state index >= 15 is 0 Å². The number of nitrogens with two attached hydrogens (primary N) is 1. The van der Waals surface area contributed by atoms with Crippen LogP contribution < -0.4 is 5.73 Å². The lowest BCUT2D eigenvalue weighted by atomic mass is 9.91. The Kier molecular flexibility index (Phi) is 2.64. The summed E-state index contributed by atoms with van der Waals surface area (Å²) < 4.78 is 2.15. The van der Waals surface area contributed by atoms with E-state index in [1.807, 2.05) is 0 Å². The van der Waals surface area contributed by atoms with Gasteiger partial charge < -0.3 is 10.8 Å². The van der Waals surface area contributed by atoms with Gasteiger partial charge in [-0.3, -0.25) is 4.67 Å². The van der Waals surface area contributed by atoms with Crippen molar-refractivity contribution in [1.82, 2.24) is 4.67 Å². The maximum Gasteiger partial charge on any atom is 0.0612 e. The normalized spacial score (nSPS) is 26.7. The molecular weight excluding hydrogens is 147 g/mol. The Morgan fingerprint density at radius 3 is 2.40 bits per heavy atom. The van der Waals surface area contributed by atoms with E-state index in [0.717, 1.165) is 25.9 Å². The summed E-state index contributed by atoms with van der Waals surface area (Å²) in [5.74, 6) is 0. The van der Waals surface area contributed by atoms with Crippen LogP contribution in [-0.4, -0.2) is 35.0 Å². The van der Waals surface area contributed by atoms with E-state index in [2.05, 4.69) is 14.1 Å². The first-order chi connectivity index (χ1) is 4.66. The van der Waals surface area contributed by atoms with Crippen LogP contribution in [0.1, 0.15) is 12.8 Å². The molecule has 10 heavy (non-hydrogen) atoms. The molecule has 60 valence electrons. The van der Waals surface area contributed by atoms with E-state index in [4.69, 9.17) is 10.8 Å². The first-order valence-electron chi connectivity index (χ1n) is 3.56. The Bertz CT molecular complexity index is 112. The molecule has 0 spiro atoms. The summed E-state index contributed by atoms with van der Waals surface area (Å²) in [6.45, 7) is 2.06. The molecule has 1 rings (SSSR count). The van der Waals surface area contributed by atoms with Crippen molar-refractivity contribution < 1.29 is 5.11 Å². The highest BCUT2D eigenvalue weighted by molar-refractivity contribution is 7.13. The molecule has 1 atom stereocenters. The fourth-order valence-corrected chi connectivity index (χ4v) is 1.39. The van der Waals surface area contributed by atoms with Crippen molar-refractivity contribution in [2.75, 3.05) is 19.7 Å². The van der Waals surface area contributed by atoms with E-state index in [0.29, 0.717) is 0 Å². The van der Waals surface area contributed by atoms with Gasteiger partial charge in [0.1, 0.15) is 0 Å². The van der Waals surface area contributed by atoms with Crippen LogP contribution >= 0.6 is 9.39 Å². The molecule has 0 aromatic carbocycles. The molecular formula is C6H15N2OP. The second-order valence-electron chi connectivity index (χ2n) is 3.06. The van der Waals surface area contributed by atoms with Crippen LogP contribution in [0.3, 0.4) is 0 Å². The zero-order valence-electron chi connectivity index (χ0n) is 6.08. The lowest BCUT2D eigenvalue weighted by Gasteiger charge is -2.35. The molecule has 0 saturated carbocycles. The van der Waals surface area contributed by atoms with Gasteiger partial charge in [-0.2, -0.15) is 0 Å². The Morgan fingerprint density at radius 1 is 1.50 bits per heavy atom. The predicted octanol–water partition coefficient (Wildman–Crippen LogP) is -0.438. The highest BCUT2D eigenvalue weighted by atomic mass is 31.0. The molecule has 1 unspecified atom stereocenters. The number of aliphatic hydroxyl groups excluding tert-OH is 1. The molecule has 0 amide bonds. The fourth-order valence-electron chi connectivity index (χ4n) is 1.13. The van der Waals surface area contributed by atoms with Crippen molar-refractivity contribution in [3.8, 4) is 0 Å². The van der Waals surface area contributed by atoms with E-state index in [1.54, 1.807) is 0 Å². The standard InChI is InChI=1S/C6H15N2OP/c7-6(5-9)1-3-8(10)4-2-6/h9H,1-5,7,10H2. The molecule has 4 heteroatoms. The van der Waals surface area contributed by atoms with Crippen LogP contribution in [0.25, 0.3) is 0 Å². The van der Waals surface area contributed by atoms with E-state index in [-0.39, 0.29) is 12.1 Å². The second-order valence-corrected chi connectivity index (χ2v) is 3.79. The smallest absolute Gasteiger partial charge is 0.0612 e. The quantitative estimate of drug-likeness (QED) is 0.514. The van der Waals surface area contributed by atoms with Crippen molar-refractivity contribution in [3.05, 3.63) is 0 Å². The van der Waals surface area contributed by atoms with Crippen molar-refractivity contribution in [2.24, 2.45) is 5.73 Å². The summed E-state index contributed by atoms with van der Waals surface area (Å²) in [4.78, 5) is 0. The minimum absolute atomic E-state index is 0.117. The van der Waals surface area contributed by atoms with Gasteiger partial charge in [0, 0.05) is 18.6 Å². The molecule has 0 radical (unpaired) electrons. The summed E-state index contributed by atoms with van der Waals surface area (Å²) in [5.41, 5.74) is 5.54. The largest absolute Gasteiger partial charge is 0.394 e. The first kappa shape index (κ1) is 8.41. The van der Waals surface area contributed by atoms with Crippen molar-refractivity contribution >= 4 is 9.39 Å². The van der Waals surface area contributed by atoms with Gasteiger partial charge in [-0.1, -0.05) is 9.39 Å². The maximum atomic E-state index is 8.89. The van der Waals surface area contributed by atoms with Gasteiger partial charge in [0.2, 0.25) is 0 Å². The van der Waals surface area contributed by atoms with Gasteiger partial charge in [0.15, 0.2) is 0 Å². The molecule has 1 aliphatic rings. The molecule has 1 aliphatic heterocycles. The lowest BCUT2D eigenvalue weighted by Crippen LogP contribution is -2.50. The monoisotopic (exact) mass is 162 g/mol. The second kappa shape index (κ2) is 3.14. The molecule has 0 bridgehead atoms. The van der Waals surface area contributed by atoms with Crippen LogP contribution in [0.5, 0.6) is 0 Å². The van der Waals surface area contributed by atoms with Crippen molar-refractivity contribution in [1.29, 1.82) is 0 Å². The number of piperidine rings is 1. The van der Waals surface area contributed by atoms with Crippen LogP contribution in [0.15, 0.2) is 0 Å². The van der Waals surface area contributed by atoms with Crippen LogP contribution in [0, 0.1) is 0 Å². The summed E-state index contributed by atoms with van der Waals surface area (Å²) in [6, 6.07) is 0. The summed E-state index contributed by atoms with van der Waals surface area (Å²) >= 11 is 0. The Morgan fingerprint density at radius 2 is 2.00 bits per heavy atom. The molecule has 1 saturated heterocycles. The molecule has 0 aliphatic carbocycles. The van der Waals surface area contributed by atoms with E-state index < -0.39 is 0 Å². The number of hydrogen-bond donors (Lipinski definition) is 2. The topological polar surface area (TPSA) is 49.5 Å². The highest BCUT2D eigenvalue weighted by Crippen LogP contribution is 2.20. The van der Waals surface area contributed by atoms with E-state index in [1.165, 1.54) is 0 Å². The third-order valence-corrected chi connectivity index (χ3v) is 2.63. The van der Waals surface area contributed by atoms with Gasteiger partial charge in [-0.15, -0.1) is 0 Å². The fraction of sp³-hybridized carbons (Fsp3) is 1.00. The van der Waals surface area contributed by atoms with Gasteiger partial charge >= 0.3 is 0 Å². The van der Waals surface area contributed by atoms with Gasteiger partial charge in [0.25, 0.3) is 0 Å². The maximum absolute atomic E-state index is 8.89. The molecule has 1 fully saturated rings. The highest BCUT2D eigenvalue weighted by Gasteiger charge is 2.28. The minimum atomic E-state index is -0.299. The summed E-state index contributed by atoms with van der Waals surface area (Å²) in [7, 11) is 2.65. The van der Waals surface area contributed by atoms with Crippen LogP contribution in [0.4, 0.5) is 0 Å². The van der Waals surface area contributed by atoms with Crippen LogP contribution in [0.2, 0.25) is 0 Å². The number of nitrogens with zero attached hydrogens (tertiary/aromatic N) is 1. The number of aliphatic hydroxyl groups is 1. The molecule has 3 nitrogen and oxygen atoms in total. The SMILES string of the molecule is NC1(CO)CCN(P)CC1. The number of rotatable bonds is 1. The third kappa shape index (κ3) is 1.89. The van der Waals surface area contributed by atoms with Crippen LogP contribution in [-0.2, 0) is 0 Å². The predicted molar refractivity (Wildman–Crippen MR) is 44.5 cm³/mol. The third-order valence-electron chi connectivity index (χ3n) is 2.11. The molecule has 0 aromatic rings. The summed E-state index contributed by atoms with van der Waals surface area (Å²) in [6.07, 6.45) is 1.79. The summed E-state index contributed by atoms with van der Waals surface area (Å²) in [5, 5.41) is 8.89. The Balaban J connectivity index is 2.38. The van der Waals surface area contributed by atoms with Crippen molar-refractivity contribution in [3.63, 3.8) is 0 Å². The van der Waals surface area contributed by atoms with Gasteiger partial charge in [0.05, 0.1) is 6.61 Å². The Hall–Kier alpha value is 0.310. The average molecular weight is 162 g/mol. The van der Waals surface area contributed by atoms with Crippen molar-refractivity contribution in [2.45, 2.75) is 18.4 Å². The number of hydrogen-bond acceptors (Lipinski definition) is 3. The first-order valence-corrected chi connectivity index (χ1v) is 4.07. The zero-order valence-corrected chi connectivity index (χ0v) is 7.24. The molecule has 3 N–H and O–H groups in total. The average Bonchev–Trinajstić information content (AvgIpc) is 1.96. The Labute approximate surface area is 63.8 Å².